The van der Waals surface area contributed by atoms with Gasteiger partial charge < -0.3 is 30.2 Å². The first-order valence-electron chi connectivity index (χ1n) is 10.9. The van der Waals surface area contributed by atoms with Crippen molar-refractivity contribution in [3.8, 4) is 5.75 Å². The molecule has 1 aliphatic heterocycles. The molecule has 1 atom stereocenters. The van der Waals surface area contributed by atoms with Gasteiger partial charge in [-0.25, -0.2) is 0 Å². The Bertz CT molecular complexity index is 866. The number of hydrogen-bond donors (Lipinski definition) is 3. The first-order chi connectivity index (χ1) is 15.6. The summed E-state index contributed by atoms with van der Waals surface area (Å²) >= 11 is 0. The van der Waals surface area contributed by atoms with E-state index in [9.17, 15) is 9.59 Å². The molecule has 1 aliphatic rings. The molecule has 1 unspecified atom stereocenters. The zero-order valence-corrected chi connectivity index (χ0v) is 18.4. The maximum absolute atomic E-state index is 12.3. The van der Waals surface area contributed by atoms with Gasteiger partial charge in [0.05, 0.1) is 12.6 Å². The molecule has 32 heavy (non-hydrogen) atoms. The van der Waals surface area contributed by atoms with Crippen molar-refractivity contribution in [2.24, 2.45) is 0 Å². The monoisotopic (exact) mass is 441 g/mol. The van der Waals surface area contributed by atoms with E-state index < -0.39 is 0 Å². The summed E-state index contributed by atoms with van der Waals surface area (Å²) in [5.74, 6) is 0.385. The standard InChI is InChI=1S/C24H31N3O5/c1-30-13-4-12-25-24(29)18-8-10-19(11-9-18)26-16-23(28)27-20-5-2-6-21(15-20)32-17-22-7-3-14-31-22/h2,5-6,8-11,15,22,26H,3-4,7,12-14,16-17H2,1H3,(H,25,29)(H,27,28). The molecule has 1 heterocycles. The fraction of sp³-hybridized carbons (Fsp3) is 0.417. The van der Waals surface area contributed by atoms with Crippen molar-refractivity contribution in [1.29, 1.82) is 0 Å². The molecule has 1 fully saturated rings. The third-order valence-electron chi connectivity index (χ3n) is 4.99. The lowest BCUT2D eigenvalue weighted by molar-refractivity contribution is -0.114. The molecular weight excluding hydrogens is 410 g/mol. The quantitative estimate of drug-likeness (QED) is 0.438. The summed E-state index contributed by atoms with van der Waals surface area (Å²) in [6.45, 7) is 2.58. The van der Waals surface area contributed by atoms with E-state index in [1.807, 2.05) is 18.2 Å². The topological polar surface area (TPSA) is 97.9 Å². The zero-order valence-electron chi connectivity index (χ0n) is 18.4. The second-order valence-corrected chi connectivity index (χ2v) is 7.56. The van der Waals surface area contributed by atoms with Crippen LogP contribution in [0.2, 0.25) is 0 Å². The summed E-state index contributed by atoms with van der Waals surface area (Å²) in [6.07, 6.45) is 3.00. The van der Waals surface area contributed by atoms with Crippen LogP contribution in [0, 0.1) is 0 Å². The number of rotatable bonds is 12. The van der Waals surface area contributed by atoms with E-state index >= 15 is 0 Å². The molecule has 0 aliphatic carbocycles. The summed E-state index contributed by atoms with van der Waals surface area (Å²) in [5, 5.41) is 8.76. The Morgan fingerprint density at radius 2 is 1.97 bits per heavy atom. The highest BCUT2D eigenvalue weighted by atomic mass is 16.5. The maximum atomic E-state index is 12.3. The van der Waals surface area contributed by atoms with Crippen LogP contribution in [0.5, 0.6) is 5.75 Å². The van der Waals surface area contributed by atoms with E-state index in [1.165, 1.54) is 0 Å². The number of nitrogens with one attached hydrogen (secondary N) is 3. The molecule has 8 nitrogen and oxygen atoms in total. The number of carbonyl (C=O) groups excluding carboxylic acids is 2. The summed E-state index contributed by atoms with van der Waals surface area (Å²) in [5.41, 5.74) is 1.99. The Kier molecular flexibility index (Phi) is 9.34. The molecule has 1 saturated heterocycles. The number of ether oxygens (including phenoxy) is 3. The van der Waals surface area contributed by atoms with Crippen molar-refractivity contribution in [1.82, 2.24) is 5.32 Å². The van der Waals surface area contributed by atoms with Crippen molar-refractivity contribution in [2.75, 3.05) is 50.7 Å². The minimum absolute atomic E-state index is 0.101. The van der Waals surface area contributed by atoms with Gasteiger partial charge in [0.15, 0.2) is 0 Å². The normalized spacial score (nSPS) is 15.2. The van der Waals surface area contributed by atoms with Gasteiger partial charge >= 0.3 is 0 Å². The summed E-state index contributed by atoms with van der Waals surface area (Å²) in [6, 6.07) is 14.3. The maximum Gasteiger partial charge on any atom is 0.251 e. The van der Waals surface area contributed by atoms with Crippen molar-refractivity contribution in [2.45, 2.75) is 25.4 Å². The molecule has 0 saturated carbocycles. The number of hydrogen-bond acceptors (Lipinski definition) is 6. The average molecular weight is 442 g/mol. The van der Waals surface area contributed by atoms with Gasteiger partial charge in [0.1, 0.15) is 12.4 Å². The van der Waals surface area contributed by atoms with Crippen molar-refractivity contribution >= 4 is 23.2 Å². The molecule has 0 radical (unpaired) electrons. The summed E-state index contributed by atoms with van der Waals surface area (Å²) in [7, 11) is 1.63. The van der Waals surface area contributed by atoms with E-state index in [1.54, 1.807) is 37.4 Å². The lowest BCUT2D eigenvalue weighted by Gasteiger charge is -2.13. The van der Waals surface area contributed by atoms with Gasteiger partial charge in [0.25, 0.3) is 5.91 Å². The number of amides is 2. The largest absolute Gasteiger partial charge is 0.491 e. The molecule has 3 rings (SSSR count). The second-order valence-electron chi connectivity index (χ2n) is 7.56. The van der Waals surface area contributed by atoms with Gasteiger partial charge in [-0.05, 0) is 55.7 Å². The van der Waals surface area contributed by atoms with Gasteiger partial charge in [-0.1, -0.05) is 6.07 Å². The van der Waals surface area contributed by atoms with Crippen LogP contribution in [0.1, 0.15) is 29.6 Å². The third kappa shape index (κ3) is 7.86. The average Bonchev–Trinajstić information content (AvgIpc) is 3.33. The molecule has 0 spiro atoms. The number of carbonyl (C=O) groups is 2. The highest BCUT2D eigenvalue weighted by molar-refractivity contribution is 5.95. The van der Waals surface area contributed by atoms with Crippen LogP contribution in [0.3, 0.4) is 0 Å². The summed E-state index contributed by atoms with van der Waals surface area (Å²) < 4.78 is 16.3. The number of methoxy groups -OCH3 is 1. The SMILES string of the molecule is COCCCNC(=O)c1ccc(NCC(=O)Nc2cccc(OCC3CCCO3)c2)cc1. The van der Waals surface area contributed by atoms with E-state index in [0.717, 1.165) is 31.6 Å². The molecule has 0 aromatic heterocycles. The van der Waals surface area contributed by atoms with E-state index in [-0.39, 0.29) is 24.5 Å². The van der Waals surface area contributed by atoms with Crippen LogP contribution in [-0.4, -0.2) is 57.9 Å². The minimum atomic E-state index is -0.179. The van der Waals surface area contributed by atoms with Crippen molar-refractivity contribution < 1.29 is 23.8 Å². The predicted octanol–water partition coefficient (Wildman–Crippen LogP) is 3.06. The molecule has 3 N–H and O–H groups in total. The van der Waals surface area contributed by atoms with Crippen LogP contribution < -0.4 is 20.7 Å². The molecule has 2 amide bonds. The van der Waals surface area contributed by atoms with Gasteiger partial charge in [0, 0.05) is 49.9 Å². The van der Waals surface area contributed by atoms with E-state index in [2.05, 4.69) is 16.0 Å². The van der Waals surface area contributed by atoms with Gasteiger partial charge in [0.2, 0.25) is 5.91 Å². The lowest BCUT2D eigenvalue weighted by atomic mass is 10.2. The fourth-order valence-electron chi connectivity index (χ4n) is 3.28. The van der Waals surface area contributed by atoms with Gasteiger partial charge in [-0.3, -0.25) is 9.59 Å². The van der Waals surface area contributed by atoms with Crippen LogP contribution >= 0.6 is 0 Å². The summed E-state index contributed by atoms with van der Waals surface area (Å²) in [4.78, 5) is 24.4. The predicted molar refractivity (Wildman–Crippen MR) is 123 cm³/mol. The molecule has 8 heteroatoms. The first-order valence-corrected chi connectivity index (χ1v) is 10.9. The highest BCUT2D eigenvalue weighted by Crippen LogP contribution is 2.20. The number of anilines is 2. The Labute approximate surface area is 188 Å². The molecule has 0 bridgehead atoms. The Balaban J connectivity index is 1.40. The fourth-order valence-corrected chi connectivity index (χ4v) is 3.28. The Morgan fingerprint density at radius 1 is 1.12 bits per heavy atom. The molecule has 2 aromatic carbocycles. The van der Waals surface area contributed by atoms with Crippen LogP contribution in [0.25, 0.3) is 0 Å². The lowest BCUT2D eigenvalue weighted by Crippen LogP contribution is -2.25. The smallest absolute Gasteiger partial charge is 0.251 e. The third-order valence-corrected chi connectivity index (χ3v) is 4.99. The van der Waals surface area contributed by atoms with Gasteiger partial charge in [-0.2, -0.15) is 0 Å². The Morgan fingerprint density at radius 3 is 2.72 bits per heavy atom. The second kappa shape index (κ2) is 12.7. The highest BCUT2D eigenvalue weighted by Gasteiger charge is 2.16. The number of benzene rings is 2. The van der Waals surface area contributed by atoms with Crippen LogP contribution in [0.15, 0.2) is 48.5 Å². The minimum Gasteiger partial charge on any atom is -0.491 e. The van der Waals surface area contributed by atoms with E-state index in [4.69, 9.17) is 14.2 Å². The van der Waals surface area contributed by atoms with E-state index in [0.29, 0.717) is 36.8 Å². The Hall–Kier alpha value is -3.10. The van der Waals surface area contributed by atoms with Crippen molar-refractivity contribution in [3.63, 3.8) is 0 Å². The molecular formula is C24H31N3O5. The van der Waals surface area contributed by atoms with Crippen LogP contribution in [0.4, 0.5) is 11.4 Å². The zero-order chi connectivity index (χ0) is 22.6. The van der Waals surface area contributed by atoms with Gasteiger partial charge in [-0.15, -0.1) is 0 Å². The first kappa shape index (κ1) is 23.6. The molecule has 172 valence electrons. The van der Waals surface area contributed by atoms with Crippen LogP contribution in [-0.2, 0) is 14.3 Å². The molecule has 2 aromatic rings. The van der Waals surface area contributed by atoms with Crippen molar-refractivity contribution in [3.05, 3.63) is 54.1 Å².